The highest BCUT2D eigenvalue weighted by atomic mass is 19.3. The van der Waals surface area contributed by atoms with Gasteiger partial charge in [-0.1, -0.05) is 12.1 Å². The van der Waals surface area contributed by atoms with Gasteiger partial charge in [0.15, 0.2) is 0 Å². The van der Waals surface area contributed by atoms with Crippen molar-refractivity contribution in [3.05, 3.63) is 65.7 Å². The van der Waals surface area contributed by atoms with Gasteiger partial charge in [-0.3, -0.25) is 0 Å². The van der Waals surface area contributed by atoms with Crippen LogP contribution in [0.2, 0.25) is 0 Å². The highest BCUT2D eigenvalue weighted by Crippen LogP contribution is 2.27. The van der Waals surface area contributed by atoms with Crippen LogP contribution in [0.25, 0.3) is 6.08 Å². The van der Waals surface area contributed by atoms with Gasteiger partial charge in [-0.25, -0.2) is 9.59 Å². The maximum atomic E-state index is 12.8. The van der Waals surface area contributed by atoms with Crippen molar-refractivity contribution in [2.75, 3.05) is 0 Å². The maximum Gasteiger partial charge on any atom is 0.461 e. The van der Waals surface area contributed by atoms with E-state index in [2.05, 4.69) is 4.74 Å². The van der Waals surface area contributed by atoms with E-state index in [9.17, 15) is 27.2 Å². The standard InChI is InChI=1S/C18H12F4O5/c19-17(20)18(21,22)27-14-8-4-12(5-9-14)16(25)26-13-6-1-11(2-7-13)3-10-15(23)24/h1-10,17H,(H,23,24). The first kappa shape index (κ1) is 20.0. The summed E-state index contributed by atoms with van der Waals surface area (Å²) in [6.07, 6.45) is -6.33. The number of aliphatic carboxylic acids is 1. The van der Waals surface area contributed by atoms with Crippen molar-refractivity contribution >= 4 is 18.0 Å². The van der Waals surface area contributed by atoms with Crippen LogP contribution in [0.4, 0.5) is 17.6 Å². The lowest BCUT2D eigenvalue weighted by Gasteiger charge is -2.16. The Morgan fingerprint density at radius 3 is 2.04 bits per heavy atom. The van der Waals surface area contributed by atoms with Gasteiger partial charge >= 0.3 is 24.5 Å². The third kappa shape index (κ3) is 5.84. The number of benzene rings is 2. The molecule has 0 aromatic heterocycles. The van der Waals surface area contributed by atoms with Gasteiger partial charge in [-0.2, -0.15) is 17.6 Å². The number of alkyl halides is 4. The van der Waals surface area contributed by atoms with Crippen molar-refractivity contribution in [2.45, 2.75) is 12.5 Å². The topological polar surface area (TPSA) is 72.8 Å². The molecule has 2 aromatic carbocycles. The van der Waals surface area contributed by atoms with Gasteiger partial charge in [-0.05, 0) is 48.0 Å². The lowest BCUT2D eigenvalue weighted by atomic mass is 10.2. The molecule has 0 aliphatic heterocycles. The quantitative estimate of drug-likeness (QED) is 0.335. The molecule has 2 aromatic rings. The largest absolute Gasteiger partial charge is 0.478 e. The summed E-state index contributed by atoms with van der Waals surface area (Å²) in [5.41, 5.74) is 0.552. The average molecular weight is 384 g/mol. The molecule has 27 heavy (non-hydrogen) atoms. The summed E-state index contributed by atoms with van der Waals surface area (Å²) in [5, 5.41) is 8.54. The van der Waals surface area contributed by atoms with E-state index in [1.165, 1.54) is 30.3 Å². The molecule has 0 radical (unpaired) electrons. The average Bonchev–Trinajstić information content (AvgIpc) is 2.61. The summed E-state index contributed by atoms with van der Waals surface area (Å²) >= 11 is 0. The van der Waals surface area contributed by atoms with E-state index in [0.717, 1.165) is 30.3 Å². The fraction of sp³-hybridized carbons (Fsp3) is 0.111. The molecule has 9 heteroatoms. The zero-order valence-corrected chi connectivity index (χ0v) is 13.4. The Hall–Kier alpha value is -3.36. The lowest BCUT2D eigenvalue weighted by Crippen LogP contribution is -2.33. The number of carbonyl (C=O) groups excluding carboxylic acids is 1. The van der Waals surface area contributed by atoms with E-state index in [4.69, 9.17) is 9.84 Å². The van der Waals surface area contributed by atoms with E-state index in [0.29, 0.717) is 5.56 Å². The first-order valence-corrected chi connectivity index (χ1v) is 7.35. The number of rotatable bonds is 7. The normalized spacial score (nSPS) is 11.6. The van der Waals surface area contributed by atoms with Crippen LogP contribution in [0.1, 0.15) is 15.9 Å². The molecule has 0 unspecified atom stereocenters. The predicted molar refractivity (Wildman–Crippen MR) is 86.1 cm³/mol. The summed E-state index contributed by atoms with van der Waals surface area (Å²) in [6, 6.07) is 9.95. The van der Waals surface area contributed by atoms with Gasteiger partial charge in [0.05, 0.1) is 5.56 Å². The molecule has 5 nitrogen and oxygen atoms in total. The molecule has 0 spiro atoms. The molecule has 142 valence electrons. The number of ether oxygens (including phenoxy) is 2. The monoisotopic (exact) mass is 384 g/mol. The number of hydrogen-bond acceptors (Lipinski definition) is 4. The summed E-state index contributed by atoms with van der Waals surface area (Å²) in [5.74, 6) is -2.29. The SMILES string of the molecule is O=C(O)C=Cc1ccc(OC(=O)c2ccc(OC(F)(F)C(F)F)cc2)cc1. The zero-order valence-electron chi connectivity index (χ0n) is 13.4. The van der Waals surface area contributed by atoms with Gasteiger partial charge < -0.3 is 14.6 Å². The number of esters is 1. The highest BCUT2D eigenvalue weighted by Gasteiger charge is 2.43. The fourth-order valence-electron chi connectivity index (χ4n) is 1.84. The molecule has 1 N–H and O–H groups in total. The molecule has 0 saturated heterocycles. The summed E-state index contributed by atoms with van der Waals surface area (Å²) in [6.45, 7) is 0. The highest BCUT2D eigenvalue weighted by molar-refractivity contribution is 5.91. The maximum absolute atomic E-state index is 12.8. The zero-order chi connectivity index (χ0) is 20.0. The minimum Gasteiger partial charge on any atom is -0.478 e. The van der Waals surface area contributed by atoms with Crippen molar-refractivity contribution < 1.29 is 41.7 Å². The Labute approximate surface area is 150 Å². The van der Waals surface area contributed by atoms with Crippen molar-refractivity contribution in [2.24, 2.45) is 0 Å². The van der Waals surface area contributed by atoms with Crippen molar-refractivity contribution in [3.63, 3.8) is 0 Å². The van der Waals surface area contributed by atoms with Gasteiger partial charge in [0.1, 0.15) is 11.5 Å². The molecule has 0 heterocycles. The van der Waals surface area contributed by atoms with Crippen LogP contribution in [0, 0.1) is 0 Å². The molecule has 0 atom stereocenters. The Morgan fingerprint density at radius 2 is 1.52 bits per heavy atom. The summed E-state index contributed by atoms with van der Waals surface area (Å²) in [4.78, 5) is 22.4. The lowest BCUT2D eigenvalue weighted by molar-refractivity contribution is -0.253. The van der Waals surface area contributed by atoms with Crippen LogP contribution in [-0.4, -0.2) is 29.6 Å². The molecular formula is C18H12F4O5. The second-order valence-corrected chi connectivity index (χ2v) is 5.12. The van der Waals surface area contributed by atoms with Crippen LogP contribution in [0.15, 0.2) is 54.6 Å². The second kappa shape index (κ2) is 8.35. The van der Waals surface area contributed by atoms with Crippen molar-refractivity contribution in [1.82, 2.24) is 0 Å². The molecular weight excluding hydrogens is 372 g/mol. The van der Waals surface area contributed by atoms with E-state index >= 15 is 0 Å². The smallest absolute Gasteiger partial charge is 0.461 e. The molecule has 0 saturated carbocycles. The van der Waals surface area contributed by atoms with Crippen LogP contribution in [-0.2, 0) is 4.79 Å². The second-order valence-electron chi connectivity index (χ2n) is 5.12. The van der Waals surface area contributed by atoms with Crippen LogP contribution in [0.3, 0.4) is 0 Å². The molecule has 0 amide bonds. The molecule has 0 bridgehead atoms. The van der Waals surface area contributed by atoms with E-state index in [1.807, 2.05) is 0 Å². The third-order valence-corrected chi connectivity index (χ3v) is 3.11. The molecule has 2 rings (SSSR count). The van der Waals surface area contributed by atoms with Crippen molar-refractivity contribution in [1.29, 1.82) is 0 Å². The first-order valence-electron chi connectivity index (χ1n) is 7.35. The van der Waals surface area contributed by atoms with Gasteiger partial charge in [0, 0.05) is 6.08 Å². The first-order chi connectivity index (χ1) is 12.7. The molecule has 0 fully saturated rings. The van der Waals surface area contributed by atoms with E-state index in [-0.39, 0.29) is 11.3 Å². The molecule has 0 aliphatic carbocycles. The Bertz CT molecular complexity index is 830. The van der Waals surface area contributed by atoms with Gasteiger partial charge in [-0.15, -0.1) is 0 Å². The minimum absolute atomic E-state index is 0.0161. The van der Waals surface area contributed by atoms with E-state index < -0.39 is 30.2 Å². The molecule has 0 aliphatic rings. The van der Waals surface area contributed by atoms with Crippen LogP contribution < -0.4 is 9.47 Å². The summed E-state index contributed by atoms with van der Waals surface area (Å²) in [7, 11) is 0. The van der Waals surface area contributed by atoms with Crippen LogP contribution >= 0.6 is 0 Å². The number of carboxylic acids is 1. The summed E-state index contributed by atoms with van der Waals surface area (Å²) < 4.78 is 58.7. The van der Waals surface area contributed by atoms with Crippen LogP contribution in [0.5, 0.6) is 11.5 Å². The minimum atomic E-state index is -4.64. The number of hydrogen-bond donors (Lipinski definition) is 1. The Morgan fingerprint density at radius 1 is 0.963 bits per heavy atom. The third-order valence-electron chi connectivity index (χ3n) is 3.11. The number of carbonyl (C=O) groups is 2. The number of halogens is 4. The number of carboxylic acid groups (broad SMARTS) is 1. The van der Waals surface area contributed by atoms with Crippen molar-refractivity contribution in [3.8, 4) is 11.5 Å². The van der Waals surface area contributed by atoms with Gasteiger partial charge in [0.25, 0.3) is 0 Å². The van der Waals surface area contributed by atoms with Gasteiger partial charge in [0.2, 0.25) is 0 Å². The predicted octanol–water partition coefficient (Wildman–Crippen LogP) is 4.24. The fourth-order valence-corrected chi connectivity index (χ4v) is 1.84. The Balaban J connectivity index is 2.01. The van der Waals surface area contributed by atoms with E-state index in [1.54, 1.807) is 0 Å². The Kier molecular flexibility index (Phi) is 6.17.